The van der Waals surface area contributed by atoms with E-state index in [4.69, 9.17) is 9.47 Å². The minimum atomic E-state index is -0.403. The quantitative estimate of drug-likeness (QED) is 0.294. The summed E-state index contributed by atoms with van der Waals surface area (Å²) in [5.74, 6) is 0.772. The normalized spacial score (nSPS) is 10.8. The summed E-state index contributed by atoms with van der Waals surface area (Å²) in [4.78, 5) is 12.5. The van der Waals surface area contributed by atoms with Crippen LogP contribution in [0, 0.1) is 0 Å². The molecule has 0 aliphatic heterocycles. The van der Waals surface area contributed by atoms with Gasteiger partial charge in [-0.05, 0) is 52.6 Å². The number of carbonyl (C=O) groups excluding carboxylic acids is 1. The Bertz CT molecular complexity index is 1080. The highest BCUT2D eigenvalue weighted by atomic mass is 16.5. The van der Waals surface area contributed by atoms with E-state index in [2.05, 4.69) is 24.3 Å². The molecular formula is C22H16O3. The average Bonchev–Trinajstić information content (AvgIpc) is 2.67. The summed E-state index contributed by atoms with van der Waals surface area (Å²) < 4.78 is 10.8. The molecule has 0 N–H and O–H groups in total. The summed E-state index contributed by atoms with van der Waals surface area (Å²) in [6, 6.07) is 25.0. The molecule has 0 aliphatic rings. The van der Waals surface area contributed by atoms with Gasteiger partial charge in [-0.3, -0.25) is 0 Å². The molecule has 25 heavy (non-hydrogen) atoms. The molecule has 4 aromatic carbocycles. The molecule has 0 spiro atoms. The highest BCUT2D eigenvalue weighted by Gasteiger charge is 2.12. The van der Waals surface area contributed by atoms with Gasteiger partial charge in [0.1, 0.15) is 11.5 Å². The van der Waals surface area contributed by atoms with Crippen LogP contribution in [-0.4, -0.2) is 13.1 Å². The molecule has 3 heteroatoms. The molecule has 0 bridgehead atoms. The van der Waals surface area contributed by atoms with Crippen molar-refractivity contribution in [3.05, 3.63) is 84.4 Å². The highest BCUT2D eigenvalue weighted by Crippen LogP contribution is 2.30. The van der Waals surface area contributed by atoms with Crippen molar-refractivity contribution < 1.29 is 14.3 Å². The molecule has 4 rings (SSSR count). The van der Waals surface area contributed by atoms with Crippen LogP contribution in [0.3, 0.4) is 0 Å². The Morgan fingerprint density at radius 3 is 2.28 bits per heavy atom. The molecule has 122 valence electrons. The van der Waals surface area contributed by atoms with Gasteiger partial charge in [-0.2, -0.15) is 0 Å². The standard InChI is InChI=1S/C22H16O3/c1-24-19-10-4-9-18(13-19)22(23)25-21-11-5-8-17-12-15-6-2-3-7-16(15)14-20(17)21/h2-14H,1H3. The smallest absolute Gasteiger partial charge is 0.343 e. The molecule has 0 atom stereocenters. The van der Waals surface area contributed by atoms with Crippen molar-refractivity contribution in [2.45, 2.75) is 0 Å². The molecule has 0 amide bonds. The van der Waals surface area contributed by atoms with Crippen LogP contribution < -0.4 is 9.47 Å². The molecule has 0 aliphatic carbocycles. The van der Waals surface area contributed by atoms with E-state index in [-0.39, 0.29) is 0 Å². The zero-order valence-corrected chi connectivity index (χ0v) is 13.7. The molecule has 0 saturated carbocycles. The molecule has 3 nitrogen and oxygen atoms in total. The largest absolute Gasteiger partial charge is 0.497 e. The molecule has 4 aromatic rings. The second kappa shape index (κ2) is 6.29. The van der Waals surface area contributed by atoms with Gasteiger partial charge in [0, 0.05) is 5.39 Å². The summed E-state index contributed by atoms with van der Waals surface area (Å²) in [5.41, 5.74) is 0.456. The molecule has 0 saturated heterocycles. The second-order valence-electron chi connectivity index (χ2n) is 5.80. The first-order valence-corrected chi connectivity index (χ1v) is 8.02. The predicted octanol–water partition coefficient (Wildman–Crippen LogP) is 5.22. The molecular weight excluding hydrogens is 312 g/mol. The first kappa shape index (κ1) is 15.2. The monoisotopic (exact) mass is 328 g/mol. The van der Waals surface area contributed by atoms with Gasteiger partial charge in [0.25, 0.3) is 0 Å². The van der Waals surface area contributed by atoms with Gasteiger partial charge in [0.2, 0.25) is 0 Å². The topological polar surface area (TPSA) is 35.5 Å². The van der Waals surface area contributed by atoms with Gasteiger partial charge in [0.15, 0.2) is 0 Å². The maximum atomic E-state index is 12.5. The van der Waals surface area contributed by atoms with Crippen molar-refractivity contribution in [1.29, 1.82) is 0 Å². The minimum absolute atomic E-state index is 0.403. The zero-order valence-electron chi connectivity index (χ0n) is 13.7. The number of hydrogen-bond donors (Lipinski definition) is 0. The fourth-order valence-corrected chi connectivity index (χ4v) is 2.94. The Morgan fingerprint density at radius 1 is 0.760 bits per heavy atom. The third kappa shape index (κ3) is 2.92. The first-order chi connectivity index (χ1) is 12.2. The van der Waals surface area contributed by atoms with Crippen LogP contribution in [0.5, 0.6) is 11.5 Å². The fraction of sp³-hybridized carbons (Fsp3) is 0.0455. The summed E-state index contributed by atoms with van der Waals surface area (Å²) in [5, 5.41) is 4.22. The third-order valence-corrected chi connectivity index (χ3v) is 4.21. The third-order valence-electron chi connectivity index (χ3n) is 4.21. The Kier molecular flexibility index (Phi) is 3.82. The van der Waals surface area contributed by atoms with Crippen molar-refractivity contribution in [1.82, 2.24) is 0 Å². The number of benzene rings is 4. The number of esters is 1. The van der Waals surface area contributed by atoms with E-state index in [1.165, 1.54) is 0 Å². The zero-order chi connectivity index (χ0) is 17.2. The lowest BCUT2D eigenvalue weighted by Crippen LogP contribution is -2.08. The van der Waals surface area contributed by atoms with Crippen LogP contribution in [0.1, 0.15) is 10.4 Å². The number of rotatable bonds is 3. The van der Waals surface area contributed by atoms with Crippen molar-refractivity contribution in [3.63, 3.8) is 0 Å². The summed E-state index contributed by atoms with van der Waals surface area (Å²) in [6.45, 7) is 0. The van der Waals surface area contributed by atoms with Gasteiger partial charge in [-0.1, -0.05) is 42.5 Å². The number of ether oxygens (including phenoxy) is 2. The Morgan fingerprint density at radius 2 is 1.48 bits per heavy atom. The van der Waals surface area contributed by atoms with E-state index in [0.29, 0.717) is 17.1 Å². The van der Waals surface area contributed by atoms with Gasteiger partial charge in [0.05, 0.1) is 12.7 Å². The average molecular weight is 328 g/mol. The Balaban J connectivity index is 1.75. The van der Waals surface area contributed by atoms with E-state index in [0.717, 1.165) is 21.5 Å². The van der Waals surface area contributed by atoms with E-state index >= 15 is 0 Å². The van der Waals surface area contributed by atoms with Crippen molar-refractivity contribution in [2.24, 2.45) is 0 Å². The predicted molar refractivity (Wildman–Crippen MR) is 99.4 cm³/mol. The number of fused-ring (bicyclic) bond motifs is 2. The lowest BCUT2D eigenvalue weighted by atomic mass is 10.0. The summed E-state index contributed by atoms with van der Waals surface area (Å²) >= 11 is 0. The van der Waals surface area contributed by atoms with Crippen LogP contribution in [-0.2, 0) is 0 Å². The molecule has 0 aromatic heterocycles. The van der Waals surface area contributed by atoms with Crippen LogP contribution in [0.4, 0.5) is 0 Å². The number of hydrogen-bond acceptors (Lipinski definition) is 3. The van der Waals surface area contributed by atoms with Crippen molar-refractivity contribution in [2.75, 3.05) is 7.11 Å². The highest BCUT2D eigenvalue weighted by molar-refractivity contribution is 6.02. The van der Waals surface area contributed by atoms with Gasteiger partial charge in [-0.25, -0.2) is 4.79 Å². The Hall–Kier alpha value is -3.33. The van der Waals surface area contributed by atoms with E-state index in [9.17, 15) is 4.79 Å². The molecule has 0 fully saturated rings. The van der Waals surface area contributed by atoms with Gasteiger partial charge in [-0.15, -0.1) is 0 Å². The molecule has 0 radical (unpaired) electrons. The van der Waals surface area contributed by atoms with E-state index in [1.54, 1.807) is 31.4 Å². The van der Waals surface area contributed by atoms with E-state index < -0.39 is 5.97 Å². The van der Waals surface area contributed by atoms with Crippen molar-refractivity contribution in [3.8, 4) is 11.5 Å². The maximum absolute atomic E-state index is 12.5. The van der Waals surface area contributed by atoms with Crippen LogP contribution >= 0.6 is 0 Å². The number of carbonyl (C=O) groups is 1. The summed E-state index contributed by atoms with van der Waals surface area (Å²) in [7, 11) is 1.57. The first-order valence-electron chi connectivity index (χ1n) is 8.02. The van der Waals surface area contributed by atoms with Crippen molar-refractivity contribution >= 4 is 27.5 Å². The van der Waals surface area contributed by atoms with Gasteiger partial charge < -0.3 is 9.47 Å². The summed E-state index contributed by atoms with van der Waals surface area (Å²) in [6.07, 6.45) is 0. The van der Waals surface area contributed by atoms with Crippen LogP contribution in [0.2, 0.25) is 0 Å². The molecule has 0 unspecified atom stereocenters. The number of methoxy groups -OCH3 is 1. The van der Waals surface area contributed by atoms with E-state index in [1.807, 2.05) is 30.3 Å². The van der Waals surface area contributed by atoms with Crippen LogP contribution in [0.25, 0.3) is 21.5 Å². The Labute approximate surface area is 145 Å². The molecule has 0 heterocycles. The maximum Gasteiger partial charge on any atom is 0.343 e. The minimum Gasteiger partial charge on any atom is -0.497 e. The fourth-order valence-electron chi connectivity index (χ4n) is 2.94. The second-order valence-corrected chi connectivity index (χ2v) is 5.80. The SMILES string of the molecule is COc1cccc(C(=O)Oc2cccc3cc4ccccc4cc23)c1. The van der Waals surface area contributed by atoms with Crippen LogP contribution in [0.15, 0.2) is 78.9 Å². The lowest BCUT2D eigenvalue weighted by molar-refractivity contribution is 0.0736. The van der Waals surface area contributed by atoms with Gasteiger partial charge >= 0.3 is 5.97 Å². The lowest BCUT2D eigenvalue weighted by Gasteiger charge is -2.10.